The van der Waals surface area contributed by atoms with Gasteiger partial charge in [-0.3, -0.25) is 9.48 Å². The molecule has 2 rings (SSSR count). The number of nitrogens with zero attached hydrogens (tertiary/aromatic N) is 2. The fourth-order valence-corrected chi connectivity index (χ4v) is 2.28. The molecule has 0 radical (unpaired) electrons. The van der Waals surface area contributed by atoms with Gasteiger partial charge in [0.25, 0.3) is 0 Å². The molecule has 1 amide bonds. The summed E-state index contributed by atoms with van der Waals surface area (Å²) in [6.45, 7) is 11.5. The van der Waals surface area contributed by atoms with Gasteiger partial charge in [0, 0.05) is 29.9 Å². The zero-order valence-corrected chi connectivity index (χ0v) is 13.9. The van der Waals surface area contributed by atoms with Crippen LogP contribution >= 0.6 is 0 Å². The van der Waals surface area contributed by atoms with E-state index < -0.39 is 0 Å². The molecular formula is C16H28N4O. The van der Waals surface area contributed by atoms with Gasteiger partial charge in [-0.2, -0.15) is 5.10 Å². The molecule has 5 nitrogen and oxygen atoms in total. The molecule has 1 aromatic rings. The SMILES string of the molecule is Cc1nn(CC(=O)NC(C)C(C)C)c(C)c1CNC1CC1. The molecule has 1 saturated carbocycles. The summed E-state index contributed by atoms with van der Waals surface area (Å²) in [5.41, 5.74) is 3.34. The van der Waals surface area contributed by atoms with Crippen LogP contribution in [0.2, 0.25) is 0 Å². The number of nitrogens with one attached hydrogen (secondary N) is 2. The van der Waals surface area contributed by atoms with Crippen molar-refractivity contribution in [3.05, 3.63) is 17.0 Å². The minimum Gasteiger partial charge on any atom is -0.352 e. The van der Waals surface area contributed by atoms with Crippen LogP contribution in [0.5, 0.6) is 0 Å². The van der Waals surface area contributed by atoms with Gasteiger partial charge in [0.15, 0.2) is 0 Å². The van der Waals surface area contributed by atoms with Crippen molar-refractivity contribution in [2.75, 3.05) is 0 Å². The Morgan fingerprint density at radius 2 is 2.00 bits per heavy atom. The Bertz CT molecular complexity index is 503. The minimum absolute atomic E-state index is 0.0310. The minimum atomic E-state index is 0.0310. The molecule has 1 aliphatic rings. The highest BCUT2D eigenvalue weighted by atomic mass is 16.2. The van der Waals surface area contributed by atoms with E-state index in [1.807, 2.05) is 25.5 Å². The Morgan fingerprint density at radius 1 is 1.33 bits per heavy atom. The van der Waals surface area contributed by atoms with Crippen molar-refractivity contribution in [2.45, 2.75) is 72.6 Å². The van der Waals surface area contributed by atoms with E-state index in [1.165, 1.54) is 18.4 Å². The Balaban J connectivity index is 1.96. The molecule has 0 aliphatic heterocycles. The lowest BCUT2D eigenvalue weighted by Crippen LogP contribution is -2.38. The average molecular weight is 292 g/mol. The maximum absolute atomic E-state index is 12.1. The van der Waals surface area contributed by atoms with Crippen LogP contribution in [0.15, 0.2) is 0 Å². The van der Waals surface area contributed by atoms with Crippen molar-refractivity contribution in [2.24, 2.45) is 5.92 Å². The molecular weight excluding hydrogens is 264 g/mol. The predicted molar refractivity (Wildman–Crippen MR) is 84.0 cm³/mol. The van der Waals surface area contributed by atoms with Crippen LogP contribution in [-0.4, -0.2) is 27.8 Å². The van der Waals surface area contributed by atoms with Gasteiger partial charge in [-0.25, -0.2) is 0 Å². The van der Waals surface area contributed by atoms with Crippen LogP contribution in [0.4, 0.5) is 0 Å². The van der Waals surface area contributed by atoms with Crippen LogP contribution in [0.1, 0.15) is 50.6 Å². The molecule has 1 atom stereocenters. The van der Waals surface area contributed by atoms with E-state index in [0.717, 1.165) is 17.9 Å². The number of aromatic nitrogens is 2. The number of aryl methyl sites for hydroxylation is 1. The smallest absolute Gasteiger partial charge is 0.241 e. The first kappa shape index (κ1) is 16.0. The summed E-state index contributed by atoms with van der Waals surface area (Å²) in [7, 11) is 0. The van der Waals surface area contributed by atoms with Crippen LogP contribution in [0, 0.1) is 19.8 Å². The molecule has 118 valence electrons. The molecule has 0 spiro atoms. The van der Waals surface area contributed by atoms with Crippen molar-refractivity contribution in [1.82, 2.24) is 20.4 Å². The summed E-state index contributed by atoms with van der Waals surface area (Å²) in [6, 6.07) is 0.868. The first-order chi connectivity index (χ1) is 9.88. The fourth-order valence-electron chi connectivity index (χ4n) is 2.28. The lowest BCUT2D eigenvalue weighted by atomic mass is 10.1. The summed E-state index contributed by atoms with van der Waals surface area (Å²) in [6.07, 6.45) is 2.56. The molecule has 1 fully saturated rings. The number of carbonyl (C=O) groups is 1. The van der Waals surface area contributed by atoms with Gasteiger partial charge in [0.1, 0.15) is 6.54 Å². The quantitative estimate of drug-likeness (QED) is 0.807. The summed E-state index contributed by atoms with van der Waals surface area (Å²) >= 11 is 0. The third-order valence-corrected chi connectivity index (χ3v) is 4.36. The number of hydrogen-bond donors (Lipinski definition) is 2. The van der Waals surface area contributed by atoms with Crippen molar-refractivity contribution in [1.29, 1.82) is 0 Å². The van der Waals surface area contributed by atoms with E-state index in [1.54, 1.807) is 0 Å². The van der Waals surface area contributed by atoms with Crippen LogP contribution in [-0.2, 0) is 17.9 Å². The second-order valence-corrected chi connectivity index (χ2v) is 6.56. The second-order valence-electron chi connectivity index (χ2n) is 6.56. The monoisotopic (exact) mass is 292 g/mol. The topological polar surface area (TPSA) is 59.0 Å². The fraction of sp³-hybridized carbons (Fsp3) is 0.750. The molecule has 0 saturated heterocycles. The highest BCUT2D eigenvalue weighted by molar-refractivity contribution is 5.76. The molecule has 0 aromatic carbocycles. The zero-order chi connectivity index (χ0) is 15.6. The van der Waals surface area contributed by atoms with Crippen LogP contribution < -0.4 is 10.6 Å². The summed E-state index contributed by atoms with van der Waals surface area (Å²) in [5.74, 6) is 0.469. The molecule has 5 heteroatoms. The Kier molecular flexibility index (Phi) is 5.04. The molecule has 1 aromatic heterocycles. The third-order valence-electron chi connectivity index (χ3n) is 4.36. The normalized spacial score (nSPS) is 16.3. The van der Waals surface area contributed by atoms with Crippen molar-refractivity contribution < 1.29 is 4.79 Å². The van der Waals surface area contributed by atoms with Gasteiger partial charge >= 0.3 is 0 Å². The molecule has 1 unspecified atom stereocenters. The van der Waals surface area contributed by atoms with Crippen LogP contribution in [0.3, 0.4) is 0 Å². The predicted octanol–water partition coefficient (Wildman–Crippen LogP) is 1.91. The number of amides is 1. The standard InChI is InChI=1S/C16H28N4O/c1-10(2)11(3)18-16(21)9-20-13(5)15(12(4)19-20)8-17-14-6-7-14/h10-11,14,17H,6-9H2,1-5H3,(H,18,21). The Labute approximate surface area is 127 Å². The van der Waals surface area contributed by atoms with Gasteiger partial charge in [-0.1, -0.05) is 13.8 Å². The van der Waals surface area contributed by atoms with Crippen molar-refractivity contribution in [3.63, 3.8) is 0 Å². The summed E-state index contributed by atoms with van der Waals surface area (Å²) < 4.78 is 1.82. The largest absolute Gasteiger partial charge is 0.352 e. The number of carbonyl (C=O) groups excluding carboxylic acids is 1. The van der Waals surface area contributed by atoms with Crippen molar-refractivity contribution >= 4 is 5.91 Å². The highest BCUT2D eigenvalue weighted by Crippen LogP contribution is 2.21. The lowest BCUT2D eigenvalue weighted by Gasteiger charge is -2.17. The van der Waals surface area contributed by atoms with Gasteiger partial charge in [0.05, 0.1) is 5.69 Å². The van der Waals surface area contributed by atoms with E-state index in [9.17, 15) is 4.79 Å². The number of rotatable bonds is 7. The first-order valence-corrected chi connectivity index (χ1v) is 7.94. The Morgan fingerprint density at radius 3 is 2.57 bits per heavy atom. The maximum Gasteiger partial charge on any atom is 0.241 e. The maximum atomic E-state index is 12.1. The third kappa shape index (κ3) is 4.30. The highest BCUT2D eigenvalue weighted by Gasteiger charge is 2.22. The van der Waals surface area contributed by atoms with Crippen LogP contribution in [0.25, 0.3) is 0 Å². The van der Waals surface area contributed by atoms with E-state index in [2.05, 4.69) is 29.6 Å². The average Bonchev–Trinajstić information content (AvgIpc) is 3.17. The summed E-state index contributed by atoms with van der Waals surface area (Å²) in [5, 5.41) is 11.1. The van der Waals surface area contributed by atoms with E-state index in [-0.39, 0.29) is 11.9 Å². The van der Waals surface area contributed by atoms with E-state index in [4.69, 9.17) is 0 Å². The van der Waals surface area contributed by atoms with Gasteiger partial charge in [-0.15, -0.1) is 0 Å². The van der Waals surface area contributed by atoms with Gasteiger partial charge in [0.2, 0.25) is 5.91 Å². The Hall–Kier alpha value is -1.36. The number of hydrogen-bond acceptors (Lipinski definition) is 3. The zero-order valence-electron chi connectivity index (χ0n) is 13.9. The van der Waals surface area contributed by atoms with Gasteiger partial charge < -0.3 is 10.6 Å². The molecule has 21 heavy (non-hydrogen) atoms. The molecule has 0 bridgehead atoms. The van der Waals surface area contributed by atoms with Gasteiger partial charge in [-0.05, 0) is 39.5 Å². The lowest BCUT2D eigenvalue weighted by molar-refractivity contribution is -0.122. The molecule has 1 aliphatic carbocycles. The first-order valence-electron chi connectivity index (χ1n) is 7.94. The van der Waals surface area contributed by atoms with E-state index >= 15 is 0 Å². The molecule has 1 heterocycles. The second kappa shape index (κ2) is 6.60. The molecule has 2 N–H and O–H groups in total. The van der Waals surface area contributed by atoms with E-state index in [0.29, 0.717) is 18.5 Å². The summed E-state index contributed by atoms with van der Waals surface area (Å²) in [4.78, 5) is 12.1. The van der Waals surface area contributed by atoms with Crippen molar-refractivity contribution in [3.8, 4) is 0 Å².